The molecule has 0 unspecified atom stereocenters. The number of primary amides is 1. The van der Waals surface area contributed by atoms with Crippen molar-refractivity contribution in [2.45, 2.75) is 94.0 Å². The topological polar surface area (TPSA) is 361 Å². The SMILES string of the molecule is C=Nc1cc(C(N)=O)cc(OCCCSC)c1N(C/C=C/Cn1c(NC)nc2cc(C=O)cc(OC/C=C/CN=C/C(=C\N)NC(=O)OC(C)(C)C)c21)CNC(=O)c1cc(C)nn1CC.C=O.CCOC=O.CCn1nc(C)cc1C.CN.CN. The number of anilines is 2. The highest BCUT2D eigenvalue weighted by Crippen LogP contribution is 2.40. The van der Waals surface area contributed by atoms with Gasteiger partial charge in [-0.25, -0.2) is 9.78 Å². The number of carbonyl (C=O) groups is 6. The molecule has 0 radical (unpaired) electrons. The predicted molar refractivity (Wildman–Crippen MR) is 341 cm³/mol. The molecule has 3 heterocycles. The van der Waals surface area contributed by atoms with E-state index in [0.29, 0.717) is 89.6 Å². The molecule has 0 saturated heterocycles. The smallest absolute Gasteiger partial charge is 0.412 e. The highest BCUT2D eigenvalue weighted by atomic mass is 32.2. The summed E-state index contributed by atoms with van der Waals surface area (Å²) in [5, 5.41) is 17.4. The number of hydrogen-bond acceptors (Lipinski definition) is 21. The third kappa shape index (κ3) is 27.0. The summed E-state index contributed by atoms with van der Waals surface area (Å²) in [4.78, 5) is 82.3. The van der Waals surface area contributed by atoms with E-state index >= 15 is 0 Å². The Hall–Kier alpha value is -8.82. The minimum Gasteiger partial charge on any atom is -0.491 e. The van der Waals surface area contributed by atoms with Gasteiger partial charge in [-0.1, -0.05) is 18.2 Å². The normalized spacial score (nSPS) is 10.8. The highest BCUT2D eigenvalue weighted by molar-refractivity contribution is 7.98. The van der Waals surface area contributed by atoms with Gasteiger partial charge in [-0.15, -0.1) is 0 Å². The second kappa shape index (κ2) is 42.9. The van der Waals surface area contributed by atoms with E-state index in [0.717, 1.165) is 30.7 Å². The van der Waals surface area contributed by atoms with E-state index in [-0.39, 0.29) is 43.5 Å². The molecule has 3 aromatic heterocycles. The third-order valence-corrected chi connectivity index (χ3v) is 11.5. The van der Waals surface area contributed by atoms with Crippen molar-refractivity contribution in [2.24, 2.45) is 32.9 Å². The molecular weight excluding hydrogens is 1110 g/mol. The number of nitrogens with zero attached hydrogens (tertiary/aromatic N) is 9. The van der Waals surface area contributed by atoms with Crippen LogP contribution in [-0.4, -0.2) is 158 Å². The van der Waals surface area contributed by atoms with Gasteiger partial charge in [0.25, 0.3) is 12.4 Å². The molecule has 3 amide bonds. The van der Waals surface area contributed by atoms with Crippen molar-refractivity contribution in [3.63, 3.8) is 0 Å². The van der Waals surface area contributed by atoms with E-state index in [4.69, 9.17) is 35.5 Å². The number of aliphatic imine (C=N–C) groups is 2. The predicted octanol–water partition coefficient (Wildman–Crippen LogP) is 6.42. The van der Waals surface area contributed by atoms with Crippen molar-refractivity contribution in [2.75, 3.05) is 82.9 Å². The Kier molecular flexibility index (Phi) is 38.5. The maximum absolute atomic E-state index is 13.6. The van der Waals surface area contributed by atoms with Crippen LogP contribution < -0.4 is 53.3 Å². The van der Waals surface area contributed by atoms with Crippen molar-refractivity contribution in [1.29, 1.82) is 0 Å². The number of allylic oxidation sites excluding steroid dienone is 2. The van der Waals surface area contributed by atoms with E-state index in [1.54, 1.807) is 93.7 Å². The molecule has 0 bridgehead atoms. The van der Waals surface area contributed by atoms with E-state index in [1.165, 1.54) is 32.2 Å². The zero-order valence-electron chi connectivity index (χ0n) is 51.6. The number of aryl methyl sites for hydroxylation is 5. The quantitative estimate of drug-likeness (QED) is 0.00933. The Balaban J connectivity index is 0.00000303. The van der Waals surface area contributed by atoms with Gasteiger partial charge in [-0.05, 0) is 144 Å². The van der Waals surface area contributed by atoms with Crippen molar-refractivity contribution in [3.05, 3.63) is 107 Å². The molecule has 5 aromatic rings. The van der Waals surface area contributed by atoms with Crippen LogP contribution in [0.5, 0.6) is 11.5 Å². The van der Waals surface area contributed by atoms with Gasteiger partial charge in [0.2, 0.25) is 11.9 Å². The summed E-state index contributed by atoms with van der Waals surface area (Å²) in [7, 11) is 4.75. The zero-order valence-corrected chi connectivity index (χ0v) is 52.4. The maximum Gasteiger partial charge on any atom is 0.412 e. The second-order valence-electron chi connectivity index (χ2n) is 18.0. The van der Waals surface area contributed by atoms with Gasteiger partial charge in [0, 0.05) is 62.5 Å². The Labute approximate surface area is 503 Å². The molecule has 27 heteroatoms. The summed E-state index contributed by atoms with van der Waals surface area (Å²) >= 11 is 1.69. The van der Waals surface area contributed by atoms with Gasteiger partial charge in [-0.3, -0.25) is 43.8 Å². The van der Waals surface area contributed by atoms with E-state index in [9.17, 15) is 24.0 Å². The largest absolute Gasteiger partial charge is 0.491 e. The van der Waals surface area contributed by atoms with Crippen molar-refractivity contribution in [3.8, 4) is 11.5 Å². The van der Waals surface area contributed by atoms with Gasteiger partial charge in [0.1, 0.15) is 53.7 Å². The molecule has 2 aromatic carbocycles. The monoisotopic (exact) mass is 1200 g/mol. The third-order valence-electron chi connectivity index (χ3n) is 10.8. The summed E-state index contributed by atoms with van der Waals surface area (Å²) in [6, 6.07) is 10.3. The molecule has 0 atom stereocenters. The van der Waals surface area contributed by atoms with Crippen LogP contribution in [-0.2, 0) is 38.7 Å². The number of rotatable bonds is 28. The lowest BCUT2D eigenvalue weighted by molar-refractivity contribution is -0.128. The van der Waals surface area contributed by atoms with Crippen LogP contribution in [0.15, 0.2) is 82.6 Å². The lowest BCUT2D eigenvalue weighted by Gasteiger charge is -2.28. The molecule has 85 heavy (non-hydrogen) atoms. The molecule has 5 rings (SSSR count). The number of benzene rings is 2. The molecule has 0 aliphatic heterocycles. The number of nitrogens with one attached hydrogen (secondary N) is 3. The summed E-state index contributed by atoms with van der Waals surface area (Å²) in [5.41, 5.74) is 26.1. The molecule has 0 spiro atoms. The average molecular weight is 1200 g/mol. The first kappa shape index (κ1) is 76.2. The van der Waals surface area contributed by atoms with Crippen LogP contribution in [0.1, 0.15) is 96.2 Å². The number of thioether (sulfide) groups is 1. The fourth-order valence-electron chi connectivity index (χ4n) is 7.40. The molecular formula is C58H90N16O10S. The molecule has 0 fully saturated rings. The number of aldehydes is 1. The lowest BCUT2D eigenvalue weighted by atomic mass is 10.1. The molecule has 0 aliphatic carbocycles. The van der Waals surface area contributed by atoms with E-state index in [1.807, 2.05) is 60.1 Å². The fraction of sp³-hybridized carbons (Fsp3) is 0.431. The number of imidazole rings is 1. The van der Waals surface area contributed by atoms with Gasteiger partial charge in [-0.2, -0.15) is 22.0 Å². The van der Waals surface area contributed by atoms with E-state index < -0.39 is 17.6 Å². The zero-order chi connectivity index (χ0) is 64.5. The van der Waals surface area contributed by atoms with Crippen LogP contribution in [0.2, 0.25) is 0 Å². The lowest BCUT2D eigenvalue weighted by Crippen LogP contribution is -2.39. The molecule has 0 saturated carbocycles. The fourth-order valence-corrected chi connectivity index (χ4v) is 7.81. The van der Waals surface area contributed by atoms with Crippen molar-refractivity contribution < 1.29 is 47.7 Å². The standard InChI is InChI=1S/C45H60N12O7S.C7H12N2.C3H6O2.2CH5N.CH2O/c1-9-57-36(21-30(2)54-57)42(60)51-29-55(39-34(48-6)24-32(41(47)59)25-38(39)63-19-14-20-65-8)16-11-12-17-56-40-35(53-43(56)49-7)22-31(28-58)23-37(40)62-18-13-10-15-50-27-33(26-46)52-44(61)64-45(3,4)5;1-4-9-7(3)5-6(2)8-9;1-2-5-3-4;3*1-2/h10-13,21-28H,6,9,14-20,29,46H2,1-5,7-8H3,(H2,47,59)(H,49,53)(H,51,60)(H,52,61);5H,4H2,1-3H3;3H,2H2,1H3;2*2H2,1H3;1H2/b12-11+,13-10+,33-26+,50-27?;;;;;. The molecule has 0 aliphatic rings. The highest BCUT2D eigenvalue weighted by Gasteiger charge is 2.23. The second-order valence-corrected chi connectivity index (χ2v) is 19.0. The first-order chi connectivity index (χ1) is 40.8. The number of fused-ring (bicyclic) bond motifs is 1. The van der Waals surface area contributed by atoms with Crippen LogP contribution in [0.3, 0.4) is 0 Å². The number of hydrogen-bond donors (Lipinski definition) is 7. The Morgan fingerprint density at radius 3 is 2.08 bits per heavy atom. The van der Waals surface area contributed by atoms with Crippen LogP contribution in [0.4, 0.5) is 22.1 Å². The minimum atomic E-state index is -0.668. The van der Waals surface area contributed by atoms with Gasteiger partial charge in [0.15, 0.2) is 0 Å². The first-order valence-corrected chi connectivity index (χ1v) is 28.4. The van der Waals surface area contributed by atoms with Crippen LogP contribution in [0, 0.1) is 20.8 Å². The summed E-state index contributed by atoms with van der Waals surface area (Å²) < 4.78 is 27.4. The number of aromatic nitrogens is 6. The van der Waals surface area contributed by atoms with Gasteiger partial charge >= 0.3 is 6.09 Å². The number of nitrogens with two attached hydrogens (primary N) is 4. The summed E-state index contributed by atoms with van der Waals surface area (Å²) in [5.74, 6) is 1.20. The first-order valence-electron chi connectivity index (χ1n) is 27.0. The number of alkyl carbamates (subject to hydrolysis) is 1. The summed E-state index contributed by atoms with van der Waals surface area (Å²) in [6.45, 7) is 26.5. The number of ether oxygens (including phenoxy) is 4. The number of amides is 3. The Morgan fingerprint density at radius 1 is 0.882 bits per heavy atom. The minimum absolute atomic E-state index is 0.0195. The maximum atomic E-state index is 13.6. The van der Waals surface area contributed by atoms with Crippen LogP contribution in [0.25, 0.3) is 11.0 Å². The average Bonchev–Trinajstić information content (AvgIpc) is 2.13. The van der Waals surface area contributed by atoms with Crippen molar-refractivity contribution >= 4 is 90.5 Å². The van der Waals surface area contributed by atoms with Crippen molar-refractivity contribution in [1.82, 2.24) is 39.7 Å². The van der Waals surface area contributed by atoms with E-state index in [2.05, 4.69) is 79.0 Å². The van der Waals surface area contributed by atoms with Gasteiger partial charge in [0.05, 0.1) is 54.7 Å². The number of carbonyl (C=O) groups excluding carboxylic acids is 6. The molecule has 11 N–H and O–H groups in total. The molecule has 26 nitrogen and oxygen atoms in total. The Morgan fingerprint density at radius 2 is 1.55 bits per heavy atom. The summed E-state index contributed by atoms with van der Waals surface area (Å²) in [6.07, 6.45) is 12.9. The van der Waals surface area contributed by atoms with Crippen LogP contribution >= 0.6 is 11.8 Å². The van der Waals surface area contributed by atoms with Gasteiger partial charge < -0.3 is 66.8 Å². The molecule has 468 valence electrons. The Bertz CT molecular complexity index is 2960.